The summed E-state index contributed by atoms with van der Waals surface area (Å²) in [5, 5.41) is 1.23. The van der Waals surface area contributed by atoms with Crippen LogP contribution in [0.25, 0.3) is 6.08 Å². The molecule has 0 bridgehead atoms. The van der Waals surface area contributed by atoms with Gasteiger partial charge in [0.2, 0.25) is 0 Å². The van der Waals surface area contributed by atoms with E-state index in [4.69, 9.17) is 9.29 Å². The van der Waals surface area contributed by atoms with Gasteiger partial charge in [-0.25, -0.2) is 4.21 Å². The normalized spacial score (nSPS) is 12.9. The molecule has 0 amide bonds. The maximum Gasteiger partial charge on any atom is 0.178 e. The molecule has 0 saturated heterocycles. The molecule has 0 fully saturated rings. The standard InChI is InChI=1S/C12H16O3S/c1-2-3-8-15-12-6-4-5-11(10-12)7-9-16(13)14/h4-7,9-10H,2-3,8H2,1H3,(H,13,14)/b9-7+. The summed E-state index contributed by atoms with van der Waals surface area (Å²) in [5.74, 6) is 0.791. The quantitative estimate of drug-likeness (QED) is 0.614. The van der Waals surface area contributed by atoms with Gasteiger partial charge >= 0.3 is 0 Å². The van der Waals surface area contributed by atoms with Crippen molar-refractivity contribution in [3.05, 3.63) is 35.2 Å². The van der Waals surface area contributed by atoms with E-state index >= 15 is 0 Å². The zero-order valence-electron chi connectivity index (χ0n) is 9.26. The molecular formula is C12H16O3S. The lowest BCUT2D eigenvalue weighted by atomic mass is 10.2. The minimum absolute atomic E-state index is 0.704. The summed E-state index contributed by atoms with van der Waals surface area (Å²) in [6, 6.07) is 7.44. The van der Waals surface area contributed by atoms with E-state index in [9.17, 15) is 4.21 Å². The van der Waals surface area contributed by atoms with Crippen molar-refractivity contribution in [1.82, 2.24) is 0 Å². The maximum absolute atomic E-state index is 10.5. The third-order valence-electron chi connectivity index (χ3n) is 2.00. The van der Waals surface area contributed by atoms with Crippen molar-refractivity contribution in [1.29, 1.82) is 0 Å². The van der Waals surface area contributed by atoms with Crippen LogP contribution in [0.15, 0.2) is 29.7 Å². The molecule has 1 N–H and O–H groups in total. The van der Waals surface area contributed by atoms with Crippen LogP contribution in [-0.2, 0) is 11.1 Å². The van der Waals surface area contributed by atoms with Gasteiger partial charge < -0.3 is 9.29 Å². The molecule has 0 saturated carbocycles. The van der Waals surface area contributed by atoms with E-state index in [1.807, 2.05) is 24.3 Å². The molecule has 0 aliphatic heterocycles. The molecule has 0 radical (unpaired) electrons. The average molecular weight is 240 g/mol. The van der Waals surface area contributed by atoms with Gasteiger partial charge in [0, 0.05) is 5.41 Å². The van der Waals surface area contributed by atoms with E-state index in [0.717, 1.165) is 24.2 Å². The van der Waals surface area contributed by atoms with Crippen molar-refractivity contribution in [2.24, 2.45) is 0 Å². The second-order valence-electron chi connectivity index (χ2n) is 3.35. The molecule has 1 aromatic carbocycles. The Bertz CT molecular complexity index is 374. The highest BCUT2D eigenvalue weighted by Gasteiger charge is 1.94. The molecule has 1 aromatic rings. The molecule has 0 spiro atoms. The molecular weight excluding hydrogens is 224 g/mol. The van der Waals surface area contributed by atoms with Gasteiger partial charge in [0.15, 0.2) is 11.1 Å². The van der Waals surface area contributed by atoms with E-state index in [1.54, 1.807) is 6.08 Å². The number of ether oxygens (including phenoxy) is 1. The Labute approximate surface area is 98.4 Å². The molecule has 88 valence electrons. The lowest BCUT2D eigenvalue weighted by Crippen LogP contribution is -1.96. The van der Waals surface area contributed by atoms with Gasteiger partial charge in [-0.1, -0.05) is 25.5 Å². The van der Waals surface area contributed by atoms with Crippen molar-refractivity contribution >= 4 is 17.2 Å². The summed E-state index contributed by atoms with van der Waals surface area (Å²) >= 11 is -1.90. The third-order valence-corrected chi connectivity index (χ3v) is 2.37. The zero-order chi connectivity index (χ0) is 11.8. The summed E-state index contributed by atoms with van der Waals surface area (Å²) in [6.45, 7) is 2.81. The first-order valence-corrected chi connectivity index (χ1v) is 6.40. The fraction of sp³-hybridized carbons (Fsp3) is 0.333. The average Bonchev–Trinajstić information content (AvgIpc) is 2.27. The minimum atomic E-state index is -1.90. The summed E-state index contributed by atoms with van der Waals surface area (Å²) in [7, 11) is 0. The van der Waals surface area contributed by atoms with Crippen LogP contribution in [0.4, 0.5) is 0 Å². The highest BCUT2D eigenvalue weighted by Crippen LogP contribution is 2.15. The fourth-order valence-electron chi connectivity index (χ4n) is 1.18. The molecule has 1 rings (SSSR count). The molecule has 4 heteroatoms. The van der Waals surface area contributed by atoms with Gasteiger partial charge in [0.25, 0.3) is 0 Å². The molecule has 0 aliphatic carbocycles. The minimum Gasteiger partial charge on any atom is -0.494 e. The van der Waals surface area contributed by atoms with Gasteiger partial charge in [-0.2, -0.15) is 0 Å². The molecule has 3 nitrogen and oxygen atoms in total. The first-order valence-electron chi connectivity index (χ1n) is 5.23. The summed E-state index contributed by atoms with van der Waals surface area (Å²) in [5.41, 5.74) is 0.858. The van der Waals surface area contributed by atoms with Crippen molar-refractivity contribution in [2.75, 3.05) is 6.61 Å². The Kier molecular flexibility index (Phi) is 5.82. The second-order valence-corrected chi connectivity index (χ2v) is 4.18. The molecule has 16 heavy (non-hydrogen) atoms. The van der Waals surface area contributed by atoms with Gasteiger partial charge in [-0.15, -0.1) is 0 Å². The first kappa shape index (κ1) is 12.9. The summed E-state index contributed by atoms with van der Waals surface area (Å²) in [6.07, 6.45) is 3.73. The first-order chi connectivity index (χ1) is 7.72. The lowest BCUT2D eigenvalue weighted by Gasteiger charge is -2.05. The Morgan fingerprint density at radius 3 is 3.00 bits per heavy atom. The summed E-state index contributed by atoms with van der Waals surface area (Å²) in [4.78, 5) is 0. The van der Waals surface area contributed by atoms with Crippen molar-refractivity contribution in [3.63, 3.8) is 0 Å². The Morgan fingerprint density at radius 2 is 2.31 bits per heavy atom. The smallest absolute Gasteiger partial charge is 0.178 e. The van der Waals surface area contributed by atoms with Crippen LogP contribution in [0.2, 0.25) is 0 Å². The van der Waals surface area contributed by atoms with Crippen molar-refractivity contribution in [3.8, 4) is 5.75 Å². The van der Waals surface area contributed by atoms with Crippen LogP contribution in [0.3, 0.4) is 0 Å². The van der Waals surface area contributed by atoms with Crippen molar-refractivity contribution in [2.45, 2.75) is 19.8 Å². The highest BCUT2D eigenvalue weighted by atomic mass is 32.2. The Balaban J connectivity index is 2.60. The van der Waals surface area contributed by atoms with E-state index in [2.05, 4.69) is 6.92 Å². The largest absolute Gasteiger partial charge is 0.494 e. The SMILES string of the molecule is CCCCOc1cccc(/C=C/S(=O)O)c1. The fourth-order valence-corrected chi connectivity index (χ4v) is 1.45. The Morgan fingerprint density at radius 1 is 1.50 bits per heavy atom. The monoisotopic (exact) mass is 240 g/mol. The van der Waals surface area contributed by atoms with Crippen LogP contribution in [-0.4, -0.2) is 15.4 Å². The van der Waals surface area contributed by atoms with E-state index in [1.165, 1.54) is 5.41 Å². The van der Waals surface area contributed by atoms with Gasteiger partial charge in [-0.3, -0.25) is 0 Å². The molecule has 1 atom stereocenters. The molecule has 1 unspecified atom stereocenters. The number of hydrogen-bond donors (Lipinski definition) is 1. The third kappa shape index (κ3) is 5.09. The van der Waals surface area contributed by atoms with E-state index in [0.29, 0.717) is 6.61 Å². The Hall–Kier alpha value is -1.13. The summed E-state index contributed by atoms with van der Waals surface area (Å²) < 4.78 is 24.6. The lowest BCUT2D eigenvalue weighted by molar-refractivity contribution is 0.309. The maximum atomic E-state index is 10.5. The van der Waals surface area contributed by atoms with Crippen LogP contribution < -0.4 is 4.74 Å². The van der Waals surface area contributed by atoms with E-state index < -0.39 is 11.1 Å². The number of unbranched alkanes of at least 4 members (excludes halogenated alkanes) is 1. The second kappa shape index (κ2) is 7.19. The zero-order valence-corrected chi connectivity index (χ0v) is 10.1. The number of rotatable bonds is 6. The topological polar surface area (TPSA) is 46.5 Å². The van der Waals surface area contributed by atoms with Crippen LogP contribution in [0.5, 0.6) is 5.75 Å². The van der Waals surface area contributed by atoms with Crippen LogP contribution >= 0.6 is 0 Å². The predicted octanol–water partition coefficient (Wildman–Crippen LogP) is 3.06. The van der Waals surface area contributed by atoms with Crippen molar-refractivity contribution < 1.29 is 13.5 Å². The molecule has 0 aromatic heterocycles. The van der Waals surface area contributed by atoms with Crippen LogP contribution in [0, 0.1) is 0 Å². The van der Waals surface area contributed by atoms with Gasteiger partial charge in [0.05, 0.1) is 6.61 Å². The number of hydrogen-bond acceptors (Lipinski definition) is 2. The molecule has 0 aliphatic rings. The van der Waals surface area contributed by atoms with Gasteiger partial charge in [0.1, 0.15) is 5.75 Å². The molecule has 0 heterocycles. The predicted molar refractivity (Wildman–Crippen MR) is 66.7 cm³/mol. The van der Waals surface area contributed by atoms with Crippen LogP contribution in [0.1, 0.15) is 25.3 Å². The highest BCUT2D eigenvalue weighted by molar-refractivity contribution is 7.82. The van der Waals surface area contributed by atoms with Gasteiger partial charge in [-0.05, 0) is 30.2 Å². The number of benzene rings is 1. The van der Waals surface area contributed by atoms with E-state index in [-0.39, 0.29) is 0 Å².